The van der Waals surface area contributed by atoms with Crippen LogP contribution >= 0.6 is 0 Å². The summed E-state index contributed by atoms with van der Waals surface area (Å²) >= 11 is 0. The first-order valence-corrected chi connectivity index (χ1v) is 10.6. The van der Waals surface area contributed by atoms with Gasteiger partial charge in [0, 0.05) is 30.8 Å². The van der Waals surface area contributed by atoms with Crippen LogP contribution in [0.15, 0.2) is 35.3 Å². The van der Waals surface area contributed by atoms with Crippen LogP contribution < -0.4 is 33.0 Å². The van der Waals surface area contributed by atoms with Crippen molar-refractivity contribution in [2.24, 2.45) is 5.73 Å². The van der Waals surface area contributed by atoms with Gasteiger partial charge in [-0.15, -0.1) is 0 Å². The number of carboxylic acid groups (broad SMARTS) is 1. The van der Waals surface area contributed by atoms with Crippen molar-refractivity contribution < 1.29 is 19.5 Å². The third-order valence-corrected chi connectivity index (χ3v) is 4.84. The average Bonchev–Trinajstić information content (AvgIpc) is 2.84. The second kappa shape index (κ2) is 11.5. The molecule has 184 valence electrons. The summed E-state index contributed by atoms with van der Waals surface area (Å²) in [5.74, 6) is -2.21. The monoisotopic (exact) mass is 483 g/mol. The zero-order valence-corrected chi connectivity index (χ0v) is 18.6. The van der Waals surface area contributed by atoms with E-state index in [1.807, 2.05) is 0 Å². The molecule has 14 nitrogen and oxygen atoms in total. The first kappa shape index (κ1) is 25.0. The van der Waals surface area contributed by atoms with Crippen LogP contribution in [-0.4, -0.2) is 62.0 Å². The van der Waals surface area contributed by atoms with E-state index in [2.05, 4.69) is 35.9 Å². The van der Waals surface area contributed by atoms with E-state index < -0.39 is 23.5 Å². The Balaban J connectivity index is 1.57. The number of hydrogen-bond acceptors (Lipinski definition) is 10. The smallest absolute Gasteiger partial charge is 0.326 e. The third kappa shape index (κ3) is 6.94. The van der Waals surface area contributed by atoms with E-state index >= 15 is 0 Å². The highest BCUT2D eigenvalue weighted by molar-refractivity contribution is 5.97. The van der Waals surface area contributed by atoms with Crippen LogP contribution in [0.1, 0.15) is 28.9 Å². The number of carboxylic acids is 1. The van der Waals surface area contributed by atoms with E-state index in [1.165, 1.54) is 18.3 Å². The number of benzene rings is 1. The molecule has 3 rings (SSSR count). The number of amides is 2. The number of anilines is 2. The van der Waals surface area contributed by atoms with E-state index in [0.717, 1.165) is 0 Å². The number of rotatable bonds is 11. The van der Waals surface area contributed by atoms with Crippen LogP contribution in [-0.2, 0) is 16.1 Å². The summed E-state index contributed by atoms with van der Waals surface area (Å²) in [4.78, 5) is 62.2. The summed E-state index contributed by atoms with van der Waals surface area (Å²) in [6.07, 6.45) is 1.34. The fourth-order valence-corrected chi connectivity index (χ4v) is 3.06. The van der Waals surface area contributed by atoms with Gasteiger partial charge in [-0.1, -0.05) is 0 Å². The van der Waals surface area contributed by atoms with E-state index in [-0.39, 0.29) is 54.5 Å². The van der Waals surface area contributed by atoms with Crippen molar-refractivity contribution >= 4 is 40.6 Å². The molecule has 0 spiro atoms. The quantitative estimate of drug-likeness (QED) is 0.174. The standard InChI is InChI=1S/C21H25N9O5/c22-7-8-24-15(31)6-5-14(20(34)35)28-18(32)11-1-3-12(4-2-11)25-9-13-10-26-17-16(27-13)19(33)30-21(23)29-17/h1-4,10,14,25H,5-9,22H2,(H,24,31)(H,28,32)(H,34,35)(H3,23,26,29,30,33). The van der Waals surface area contributed by atoms with Gasteiger partial charge in [0.25, 0.3) is 11.5 Å². The summed E-state index contributed by atoms with van der Waals surface area (Å²) in [6.45, 7) is 0.811. The Morgan fingerprint density at radius 2 is 1.89 bits per heavy atom. The minimum atomic E-state index is -1.24. The number of fused-ring (bicyclic) bond motifs is 1. The number of carbonyl (C=O) groups is 3. The number of carbonyl (C=O) groups excluding carboxylic acids is 2. The van der Waals surface area contributed by atoms with Crippen molar-refractivity contribution in [3.8, 4) is 0 Å². The first-order valence-electron chi connectivity index (χ1n) is 10.6. The fourth-order valence-electron chi connectivity index (χ4n) is 3.06. The molecule has 0 bridgehead atoms. The number of nitrogens with one attached hydrogen (secondary N) is 4. The molecule has 9 N–H and O–H groups in total. The SMILES string of the molecule is NCCNC(=O)CCC(NC(=O)c1ccc(NCc2cnc3nc(N)[nH]c(=O)c3n2)cc1)C(=O)O. The highest BCUT2D eigenvalue weighted by Crippen LogP contribution is 2.12. The summed E-state index contributed by atoms with van der Waals surface area (Å²) in [5.41, 5.74) is 11.9. The summed E-state index contributed by atoms with van der Waals surface area (Å²) in [5, 5.41) is 17.4. The van der Waals surface area contributed by atoms with E-state index in [4.69, 9.17) is 11.5 Å². The molecule has 3 aromatic rings. The Hall–Kier alpha value is -4.59. The van der Waals surface area contributed by atoms with Crippen LogP contribution in [0.25, 0.3) is 11.2 Å². The molecule has 2 aromatic heterocycles. The lowest BCUT2D eigenvalue weighted by molar-refractivity contribution is -0.139. The Labute approximate surface area is 198 Å². The van der Waals surface area contributed by atoms with Crippen LogP contribution in [0, 0.1) is 0 Å². The Kier molecular flexibility index (Phi) is 8.24. The van der Waals surface area contributed by atoms with Crippen LogP contribution in [0.2, 0.25) is 0 Å². The van der Waals surface area contributed by atoms with E-state index in [0.29, 0.717) is 17.9 Å². The lowest BCUT2D eigenvalue weighted by Gasteiger charge is -2.15. The minimum absolute atomic E-state index is 0.0468. The number of nitrogens with two attached hydrogens (primary N) is 2. The lowest BCUT2D eigenvalue weighted by Crippen LogP contribution is -2.41. The Morgan fingerprint density at radius 1 is 1.14 bits per heavy atom. The van der Waals surface area contributed by atoms with Crippen molar-refractivity contribution in [1.29, 1.82) is 0 Å². The third-order valence-electron chi connectivity index (χ3n) is 4.84. The van der Waals surface area contributed by atoms with E-state index in [1.54, 1.807) is 12.1 Å². The minimum Gasteiger partial charge on any atom is -0.480 e. The van der Waals surface area contributed by atoms with Gasteiger partial charge in [-0.25, -0.2) is 14.8 Å². The summed E-state index contributed by atoms with van der Waals surface area (Å²) in [7, 11) is 0. The van der Waals surface area contributed by atoms with Gasteiger partial charge in [-0.05, 0) is 30.7 Å². The largest absolute Gasteiger partial charge is 0.480 e. The summed E-state index contributed by atoms with van der Waals surface area (Å²) in [6, 6.07) is 5.09. The molecule has 0 aliphatic heterocycles. The van der Waals surface area contributed by atoms with Crippen LogP contribution in [0.3, 0.4) is 0 Å². The fraction of sp³-hybridized carbons (Fsp3) is 0.286. The Bertz CT molecular complexity index is 1280. The molecule has 14 heteroatoms. The van der Waals surface area contributed by atoms with Crippen molar-refractivity contribution in [3.63, 3.8) is 0 Å². The van der Waals surface area contributed by atoms with Gasteiger partial charge >= 0.3 is 5.97 Å². The molecule has 2 heterocycles. The lowest BCUT2D eigenvalue weighted by atomic mass is 10.1. The number of aliphatic carboxylic acids is 1. The van der Waals surface area contributed by atoms with Crippen LogP contribution in [0.5, 0.6) is 0 Å². The molecule has 0 radical (unpaired) electrons. The highest BCUT2D eigenvalue weighted by atomic mass is 16.4. The van der Waals surface area contributed by atoms with Crippen molar-refractivity contribution in [3.05, 3.63) is 52.1 Å². The van der Waals surface area contributed by atoms with Gasteiger partial charge < -0.3 is 32.5 Å². The second-order valence-corrected chi connectivity index (χ2v) is 7.46. The molecule has 0 aliphatic rings. The van der Waals surface area contributed by atoms with Crippen molar-refractivity contribution in [1.82, 2.24) is 30.6 Å². The Morgan fingerprint density at radius 3 is 2.57 bits per heavy atom. The number of aromatic amines is 1. The average molecular weight is 483 g/mol. The van der Waals surface area contributed by atoms with Gasteiger partial charge in [-0.2, -0.15) is 4.98 Å². The van der Waals surface area contributed by atoms with Crippen molar-refractivity contribution in [2.75, 3.05) is 24.1 Å². The number of hydrogen-bond donors (Lipinski definition) is 7. The molecule has 0 fully saturated rings. The zero-order chi connectivity index (χ0) is 25.4. The topological polar surface area (TPSA) is 231 Å². The normalized spacial score (nSPS) is 11.6. The molecule has 1 unspecified atom stereocenters. The van der Waals surface area contributed by atoms with Gasteiger partial charge in [0.05, 0.1) is 18.4 Å². The second-order valence-electron chi connectivity index (χ2n) is 7.46. The molecule has 35 heavy (non-hydrogen) atoms. The molecule has 0 saturated heterocycles. The maximum Gasteiger partial charge on any atom is 0.326 e. The van der Waals surface area contributed by atoms with E-state index in [9.17, 15) is 24.3 Å². The number of nitrogen functional groups attached to an aromatic ring is 1. The maximum atomic E-state index is 12.5. The maximum absolute atomic E-state index is 12.5. The predicted molar refractivity (Wildman–Crippen MR) is 126 cm³/mol. The number of nitrogens with zero attached hydrogens (tertiary/aromatic N) is 3. The van der Waals surface area contributed by atoms with Gasteiger partial charge in [0.2, 0.25) is 11.9 Å². The first-order chi connectivity index (χ1) is 16.8. The van der Waals surface area contributed by atoms with Gasteiger partial charge in [0.1, 0.15) is 6.04 Å². The van der Waals surface area contributed by atoms with Gasteiger partial charge in [-0.3, -0.25) is 19.4 Å². The molecular weight excluding hydrogens is 458 g/mol. The molecule has 0 saturated carbocycles. The number of H-pyrrole nitrogens is 1. The highest BCUT2D eigenvalue weighted by Gasteiger charge is 2.21. The number of aromatic nitrogens is 4. The molecular formula is C21H25N9O5. The summed E-state index contributed by atoms with van der Waals surface area (Å²) < 4.78 is 0. The predicted octanol–water partition coefficient (Wildman–Crippen LogP) is -1.05. The molecule has 0 aliphatic carbocycles. The van der Waals surface area contributed by atoms with Crippen LogP contribution in [0.4, 0.5) is 11.6 Å². The molecule has 1 atom stereocenters. The van der Waals surface area contributed by atoms with Gasteiger partial charge in [0.15, 0.2) is 11.2 Å². The van der Waals surface area contributed by atoms with Crippen molar-refractivity contribution in [2.45, 2.75) is 25.4 Å². The molecule has 1 aromatic carbocycles. The molecule has 2 amide bonds. The zero-order valence-electron chi connectivity index (χ0n) is 18.6.